The maximum atomic E-state index is 11.4. The average Bonchev–Trinajstić information content (AvgIpc) is 2.33. The van der Waals surface area contributed by atoms with Crippen molar-refractivity contribution in [1.29, 1.82) is 0 Å². The summed E-state index contributed by atoms with van der Waals surface area (Å²) in [6.07, 6.45) is 5.18. The standard InChI is InChI=1S/C14H27NO3S/c1-13(2)5-7-14(16,8-6-13)11-15-12-3-9-19(17,18)10-4-12/h12,15-16H,3-11H2,1-2H3. The first-order chi connectivity index (χ1) is 8.70. The van der Waals surface area contributed by atoms with E-state index in [0.29, 0.717) is 24.8 Å². The minimum atomic E-state index is -2.79. The zero-order valence-electron chi connectivity index (χ0n) is 12.1. The maximum Gasteiger partial charge on any atom is 0.150 e. The van der Waals surface area contributed by atoms with Gasteiger partial charge in [-0.1, -0.05) is 13.8 Å². The summed E-state index contributed by atoms with van der Waals surface area (Å²) in [5.74, 6) is 0.576. The lowest BCUT2D eigenvalue weighted by molar-refractivity contribution is -0.0262. The molecule has 1 aliphatic heterocycles. The first-order valence-corrected chi connectivity index (χ1v) is 9.18. The van der Waals surface area contributed by atoms with Gasteiger partial charge in [0.1, 0.15) is 9.84 Å². The van der Waals surface area contributed by atoms with Gasteiger partial charge in [0.2, 0.25) is 0 Å². The molecule has 1 aliphatic carbocycles. The van der Waals surface area contributed by atoms with Crippen molar-refractivity contribution < 1.29 is 13.5 Å². The first-order valence-electron chi connectivity index (χ1n) is 7.36. The van der Waals surface area contributed by atoms with Gasteiger partial charge in [-0.2, -0.15) is 0 Å². The van der Waals surface area contributed by atoms with Crippen LogP contribution in [0.4, 0.5) is 0 Å². The molecule has 0 radical (unpaired) electrons. The molecule has 2 rings (SSSR count). The van der Waals surface area contributed by atoms with Crippen LogP contribution in [0.25, 0.3) is 0 Å². The van der Waals surface area contributed by atoms with Crippen LogP contribution in [0, 0.1) is 5.41 Å². The second kappa shape index (κ2) is 5.34. The highest BCUT2D eigenvalue weighted by molar-refractivity contribution is 7.91. The molecule has 0 spiro atoms. The fourth-order valence-electron chi connectivity index (χ4n) is 3.00. The highest BCUT2D eigenvalue weighted by atomic mass is 32.2. The maximum absolute atomic E-state index is 11.4. The Labute approximate surface area is 116 Å². The second-order valence-electron chi connectivity index (χ2n) is 7.20. The summed E-state index contributed by atoms with van der Waals surface area (Å²) in [5.41, 5.74) is -0.239. The van der Waals surface area contributed by atoms with Crippen LogP contribution >= 0.6 is 0 Å². The van der Waals surface area contributed by atoms with Crippen LogP contribution in [-0.4, -0.2) is 43.2 Å². The number of nitrogens with one attached hydrogen (secondary N) is 1. The Bertz CT molecular complexity index is 392. The summed E-state index contributed by atoms with van der Waals surface area (Å²) >= 11 is 0. The molecule has 0 aromatic carbocycles. The quantitative estimate of drug-likeness (QED) is 0.826. The Kier molecular flexibility index (Phi) is 4.29. The summed E-state index contributed by atoms with van der Waals surface area (Å²) in [4.78, 5) is 0. The van der Waals surface area contributed by atoms with Gasteiger partial charge in [0.15, 0.2) is 0 Å². The normalized spacial score (nSPS) is 30.1. The van der Waals surface area contributed by atoms with Crippen LogP contribution in [0.3, 0.4) is 0 Å². The SMILES string of the molecule is CC1(C)CCC(O)(CNC2CCS(=O)(=O)CC2)CC1. The van der Waals surface area contributed by atoms with Gasteiger partial charge in [0.05, 0.1) is 17.1 Å². The van der Waals surface area contributed by atoms with Gasteiger partial charge in [-0.05, 0) is 43.9 Å². The lowest BCUT2D eigenvalue weighted by Crippen LogP contribution is -2.49. The molecule has 2 N–H and O–H groups in total. The molecule has 5 heteroatoms. The van der Waals surface area contributed by atoms with E-state index in [1.54, 1.807) is 0 Å². The zero-order chi connectivity index (χ0) is 14.1. The summed E-state index contributed by atoms with van der Waals surface area (Å²) in [6, 6.07) is 0.252. The van der Waals surface area contributed by atoms with E-state index in [4.69, 9.17) is 0 Å². The van der Waals surface area contributed by atoms with Gasteiger partial charge in [-0.3, -0.25) is 0 Å². The van der Waals surface area contributed by atoms with Gasteiger partial charge in [-0.25, -0.2) is 8.42 Å². The number of aliphatic hydroxyl groups is 1. The Morgan fingerprint density at radius 3 is 2.16 bits per heavy atom. The second-order valence-corrected chi connectivity index (χ2v) is 9.50. The van der Waals surface area contributed by atoms with E-state index in [-0.39, 0.29) is 17.5 Å². The van der Waals surface area contributed by atoms with Gasteiger partial charge >= 0.3 is 0 Å². The van der Waals surface area contributed by atoms with Crippen LogP contribution in [0.15, 0.2) is 0 Å². The van der Waals surface area contributed by atoms with Crippen molar-refractivity contribution >= 4 is 9.84 Å². The monoisotopic (exact) mass is 289 g/mol. The van der Waals surface area contributed by atoms with E-state index < -0.39 is 15.4 Å². The molecule has 112 valence electrons. The highest BCUT2D eigenvalue weighted by Crippen LogP contribution is 2.39. The van der Waals surface area contributed by atoms with Crippen molar-refractivity contribution in [3.8, 4) is 0 Å². The van der Waals surface area contributed by atoms with Gasteiger partial charge in [-0.15, -0.1) is 0 Å². The van der Waals surface area contributed by atoms with Crippen molar-refractivity contribution in [2.75, 3.05) is 18.1 Å². The van der Waals surface area contributed by atoms with Gasteiger partial charge < -0.3 is 10.4 Å². The minimum Gasteiger partial charge on any atom is -0.389 e. The number of sulfone groups is 1. The summed E-state index contributed by atoms with van der Waals surface area (Å²) in [5, 5.41) is 13.9. The van der Waals surface area contributed by atoms with E-state index in [0.717, 1.165) is 25.7 Å². The van der Waals surface area contributed by atoms with Gasteiger partial charge in [0.25, 0.3) is 0 Å². The predicted octanol–water partition coefficient (Wildman–Crippen LogP) is 1.48. The van der Waals surface area contributed by atoms with Crippen LogP contribution < -0.4 is 5.32 Å². The fraction of sp³-hybridized carbons (Fsp3) is 1.00. The fourth-order valence-corrected chi connectivity index (χ4v) is 4.49. The van der Waals surface area contributed by atoms with E-state index in [1.807, 2.05) is 0 Å². The third-order valence-corrected chi connectivity index (χ3v) is 6.52. The topological polar surface area (TPSA) is 66.4 Å². The molecular formula is C14H27NO3S. The molecule has 0 unspecified atom stereocenters. The van der Waals surface area contributed by atoms with Crippen molar-refractivity contribution in [2.45, 2.75) is 64.0 Å². The smallest absolute Gasteiger partial charge is 0.150 e. The molecule has 0 amide bonds. The molecule has 1 heterocycles. The molecule has 0 bridgehead atoms. The van der Waals surface area contributed by atoms with E-state index in [9.17, 15) is 13.5 Å². The van der Waals surface area contributed by atoms with Crippen molar-refractivity contribution in [2.24, 2.45) is 5.41 Å². The van der Waals surface area contributed by atoms with E-state index >= 15 is 0 Å². The molecule has 0 aromatic heterocycles. The van der Waals surface area contributed by atoms with Gasteiger partial charge in [0, 0.05) is 12.6 Å². The summed E-state index contributed by atoms with van der Waals surface area (Å²) in [6.45, 7) is 5.12. The molecule has 1 saturated carbocycles. The number of hydrogen-bond acceptors (Lipinski definition) is 4. The Hall–Kier alpha value is -0.130. The van der Waals surface area contributed by atoms with E-state index in [1.165, 1.54) is 0 Å². The average molecular weight is 289 g/mol. The summed E-state index contributed by atoms with van der Waals surface area (Å²) < 4.78 is 22.7. The summed E-state index contributed by atoms with van der Waals surface area (Å²) in [7, 11) is -2.79. The molecule has 19 heavy (non-hydrogen) atoms. The van der Waals surface area contributed by atoms with Crippen LogP contribution in [-0.2, 0) is 9.84 Å². The molecule has 2 aliphatic rings. The predicted molar refractivity (Wildman–Crippen MR) is 76.9 cm³/mol. The molecular weight excluding hydrogens is 262 g/mol. The lowest BCUT2D eigenvalue weighted by atomic mass is 9.71. The Balaban J connectivity index is 1.77. The van der Waals surface area contributed by atoms with Crippen LogP contribution in [0.5, 0.6) is 0 Å². The highest BCUT2D eigenvalue weighted by Gasteiger charge is 2.37. The zero-order valence-corrected chi connectivity index (χ0v) is 12.9. The van der Waals surface area contributed by atoms with Crippen LogP contribution in [0.1, 0.15) is 52.4 Å². The van der Waals surface area contributed by atoms with E-state index in [2.05, 4.69) is 19.2 Å². The Morgan fingerprint density at radius 2 is 1.63 bits per heavy atom. The van der Waals surface area contributed by atoms with Crippen molar-refractivity contribution in [1.82, 2.24) is 5.32 Å². The molecule has 0 aromatic rings. The van der Waals surface area contributed by atoms with Crippen molar-refractivity contribution in [3.63, 3.8) is 0 Å². The van der Waals surface area contributed by atoms with Crippen LogP contribution in [0.2, 0.25) is 0 Å². The molecule has 1 saturated heterocycles. The molecule has 4 nitrogen and oxygen atoms in total. The molecule has 2 fully saturated rings. The first kappa shape index (κ1) is 15.3. The third-order valence-electron chi connectivity index (χ3n) is 4.81. The minimum absolute atomic E-state index is 0.252. The third kappa shape index (κ3) is 4.43. The number of hydrogen-bond donors (Lipinski definition) is 2. The molecule has 0 atom stereocenters. The number of rotatable bonds is 3. The van der Waals surface area contributed by atoms with Crippen molar-refractivity contribution in [3.05, 3.63) is 0 Å². The largest absolute Gasteiger partial charge is 0.389 e. The Morgan fingerprint density at radius 1 is 1.11 bits per heavy atom. The lowest BCUT2D eigenvalue weighted by Gasteiger charge is -2.41.